The van der Waals surface area contributed by atoms with Crippen molar-refractivity contribution in [3.63, 3.8) is 0 Å². The molecule has 0 atom stereocenters. The predicted molar refractivity (Wildman–Crippen MR) is 63.3 cm³/mol. The van der Waals surface area contributed by atoms with Crippen molar-refractivity contribution in [2.24, 2.45) is 0 Å². The monoisotopic (exact) mass is 234 g/mol. The summed E-state index contributed by atoms with van der Waals surface area (Å²) in [6, 6.07) is 7.09. The molecular formula is C13H14O4. The summed E-state index contributed by atoms with van der Waals surface area (Å²) in [5.41, 5.74) is 0.614. The molecule has 4 nitrogen and oxygen atoms in total. The van der Waals surface area contributed by atoms with Crippen LogP contribution >= 0.6 is 0 Å². The maximum Gasteiger partial charge on any atom is 0.373 e. The lowest BCUT2D eigenvalue weighted by Gasteiger charge is -2.09. The van der Waals surface area contributed by atoms with E-state index in [1.54, 1.807) is 12.1 Å². The molecule has 2 rings (SSSR count). The van der Waals surface area contributed by atoms with E-state index in [-0.39, 0.29) is 11.9 Å². The zero-order valence-corrected chi connectivity index (χ0v) is 10.0. The molecule has 0 aliphatic carbocycles. The van der Waals surface area contributed by atoms with E-state index in [0.717, 1.165) is 5.39 Å². The minimum Gasteiger partial charge on any atom is -0.490 e. The van der Waals surface area contributed by atoms with Crippen LogP contribution < -0.4 is 4.74 Å². The van der Waals surface area contributed by atoms with Crippen LogP contribution in [0.2, 0.25) is 0 Å². The summed E-state index contributed by atoms with van der Waals surface area (Å²) in [5.74, 6) is 0.399. The third kappa shape index (κ3) is 2.25. The van der Waals surface area contributed by atoms with Gasteiger partial charge in [-0.1, -0.05) is 6.07 Å². The average Bonchev–Trinajstić information content (AvgIpc) is 2.72. The first-order valence-corrected chi connectivity index (χ1v) is 5.39. The number of benzene rings is 1. The standard InChI is InChI=1S/C13H14O4/c1-8(2)16-10-5-4-6-11-9(10)7-12(17-11)13(14)15-3/h4-8H,1-3H3. The van der Waals surface area contributed by atoms with Gasteiger partial charge in [-0.2, -0.15) is 0 Å². The highest BCUT2D eigenvalue weighted by Crippen LogP contribution is 2.29. The predicted octanol–water partition coefficient (Wildman–Crippen LogP) is 3.01. The smallest absolute Gasteiger partial charge is 0.373 e. The summed E-state index contributed by atoms with van der Waals surface area (Å²) < 4.78 is 15.6. The highest BCUT2D eigenvalue weighted by Gasteiger charge is 2.15. The molecule has 2 aromatic rings. The zero-order valence-electron chi connectivity index (χ0n) is 10.0. The molecule has 4 heteroatoms. The Morgan fingerprint density at radius 3 is 2.76 bits per heavy atom. The van der Waals surface area contributed by atoms with Gasteiger partial charge < -0.3 is 13.9 Å². The Morgan fingerprint density at radius 1 is 1.35 bits per heavy atom. The van der Waals surface area contributed by atoms with E-state index in [0.29, 0.717) is 11.3 Å². The summed E-state index contributed by atoms with van der Waals surface area (Å²) in [6.45, 7) is 3.89. The lowest BCUT2D eigenvalue weighted by atomic mass is 10.2. The normalized spacial score (nSPS) is 10.8. The van der Waals surface area contributed by atoms with Crippen molar-refractivity contribution in [2.75, 3.05) is 7.11 Å². The quantitative estimate of drug-likeness (QED) is 0.766. The second kappa shape index (κ2) is 4.49. The fraction of sp³-hybridized carbons (Fsp3) is 0.308. The summed E-state index contributed by atoms with van der Waals surface area (Å²) in [5, 5.41) is 0.779. The third-order valence-electron chi connectivity index (χ3n) is 2.27. The van der Waals surface area contributed by atoms with E-state index in [1.165, 1.54) is 7.11 Å². The van der Waals surface area contributed by atoms with E-state index < -0.39 is 5.97 Å². The van der Waals surface area contributed by atoms with Crippen molar-refractivity contribution < 1.29 is 18.7 Å². The maximum absolute atomic E-state index is 11.4. The van der Waals surface area contributed by atoms with Crippen molar-refractivity contribution in [3.8, 4) is 5.75 Å². The fourth-order valence-electron chi connectivity index (χ4n) is 1.59. The van der Waals surface area contributed by atoms with Crippen LogP contribution in [0.3, 0.4) is 0 Å². The van der Waals surface area contributed by atoms with Crippen molar-refractivity contribution in [1.29, 1.82) is 0 Å². The average molecular weight is 234 g/mol. The van der Waals surface area contributed by atoms with Crippen LogP contribution in [-0.4, -0.2) is 19.2 Å². The number of furan rings is 1. The Bertz CT molecular complexity index is 539. The number of esters is 1. The highest BCUT2D eigenvalue weighted by atomic mass is 16.5. The molecular weight excluding hydrogens is 220 g/mol. The zero-order chi connectivity index (χ0) is 12.4. The Morgan fingerprint density at radius 2 is 2.12 bits per heavy atom. The van der Waals surface area contributed by atoms with Crippen LogP contribution in [0.5, 0.6) is 5.75 Å². The molecule has 17 heavy (non-hydrogen) atoms. The number of hydrogen-bond acceptors (Lipinski definition) is 4. The molecule has 1 heterocycles. The molecule has 0 aliphatic heterocycles. The van der Waals surface area contributed by atoms with Gasteiger partial charge >= 0.3 is 5.97 Å². The summed E-state index contributed by atoms with van der Waals surface area (Å²) in [4.78, 5) is 11.4. The summed E-state index contributed by atoms with van der Waals surface area (Å²) >= 11 is 0. The van der Waals surface area contributed by atoms with E-state index in [2.05, 4.69) is 4.74 Å². The van der Waals surface area contributed by atoms with Crippen LogP contribution in [0.4, 0.5) is 0 Å². The van der Waals surface area contributed by atoms with Crippen LogP contribution in [0, 0.1) is 0 Å². The molecule has 1 aromatic heterocycles. The van der Waals surface area contributed by atoms with Gasteiger partial charge in [0.1, 0.15) is 11.3 Å². The number of carbonyl (C=O) groups excluding carboxylic acids is 1. The number of carbonyl (C=O) groups is 1. The first kappa shape index (κ1) is 11.5. The minimum atomic E-state index is -0.489. The SMILES string of the molecule is COC(=O)c1cc2c(OC(C)C)cccc2o1. The van der Waals surface area contributed by atoms with Crippen LogP contribution in [-0.2, 0) is 4.74 Å². The van der Waals surface area contributed by atoms with Crippen molar-refractivity contribution >= 4 is 16.9 Å². The van der Waals surface area contributed by atoms with Crippen LogP contribution in [0.1, 0.15) is 24.4 Å². The van der Waals surface area contributed by atoms with Gasteiger partial charge in [-0.15, -0.1) is 0 Å². The second-order valence-electron chi connectivity index (χ2n) is 3.94. The molecule has 0 amide bonds. The molecule has 1 aromatic carbocycles. The van der Waals surface area contributed by atoms with Crippen molar-refractivity contribution in [1.82, 2.24) is 0 Å². The van der Waals surface area contributed by atoms with E-state index in [1.807, 2.05) is 26.0 Å². The fourth-order valence-corrected chi connectivity index (χ4v) is 1.59. The van der Waals surface area contributed by atoms with Gasteiger partial charge in [0.15, 0.2) is 0 Å². The third-order valence-corrected chi connectivity index (χ3v) is 2.27. The maximum atomic E-state index is 11.4. The van der Waals surface area contributed by atoms with Crippen LogP contribution in [0.25, 0.3) is 11.0 Å². The minimum absolute atomic E-state index is 0.0667. The van der Waals surface area contributed by atoms with Gasteiger partial charge in [0.05, 0.1) is 18.6 Å². The lowest BCUT2D eigenvalue weighted by Crippen LogP contribution is -2.05. The first-order chi connectivity index (χ1) is 8.11. The first-order valence-electron chi connectivity index (χ1n) is 5.39. The van der Waals surface area contributed by atoms with Gasteiger partial charge in [0.2, 0.25) is 5.76 Å². The number of ether oxygens (including phenoxy) is 2. The molecule has 0 bridgehead atoms. The highest BCUT2D eigenvalue weighted by molar-refractivity contribution is 5.94. The summed E-state index contributed by atoms with van der Waals surface area (Å²) in [6.07, 6.45) is 0.0667. The molecule has 0 fully saturated rings. The molecule has 0 N–H and O–H groups in total. The number of methoxy groups -OCH3 is 1. The van der Waals surface area contributed by atoms with Gasteiger partial charge in [-0.3, -0.25) is 0 Å². The molecule has 0 saturated carbocycles. The second-order valence-corrected chi connectivity index (χ2v) is 3.94. The lowest BCUT2D eigenvalue weighted by molar-refractivity contribution is 0.0567. The number of rotatable bonds is 3. The Hall–Kier alpha value is -1.97. The van der Waals surface area contributed by atoms with Crippen LogP contribution in [0.15, 0.2) is 28.7 Å². The number of fused-ring (bicyclic) bond motifs is 1. The van der Waals surface area contributed by atoms with E-state index >= 15 is 0 Å². The van der Waals surface area contributed by atoms with Gasteiger partial charge in [-0.05, 0) is 26.0 Å². The summed E-state index contributed by atoms with van der Waals surface area (Å²) in [7, 11) is 1.32. The van der Waals surface area contributed by atoms with E-state index in [4.69, 9.17) is 9.15 Å². The van der Waals surface area contributed by atoms with E-state index in [9.17, 15) is 4.79 Å². The molecule has 0 unspecified atom stereocenters. The van der Waals surface area contributed by atoms with Gasteiger partial charge in [0.25, 0.3) is 0 Å². The Labute approximate surface area is 99.1 Å². The van der Waals surface area contributed by atoms with Crippen molar-refractivity contribution in [3.05, 3.63) is 30.0 Å². The number of hydrogen-bond donors (Lipinski definition) is 0. The molecule has 0 aliphatic rings. The van der Waals surface area contributed by atoms with Gasteiger partial charge in [0, 0.05) is 6.07 Å². The molecule has 0 radical (unpaired) electrons. The molecule has 0 spiro atoms. The Kier molecular flexibility index (Phi) is 3.04. The largest absolute Gasteiger partial charge is 0.490 e. The molecule has 90 valence electrons. The topological polar surface area (TPSA) is 48.7 Å². The van der Waals surface area contributed by atoms with Gasteiger partial charge in [-0.25, -0.2) is 4.79 Å². The Balaban J connectivity index is 2.49. The van der Waals surface area contributed by atoms with Crippen molar-refractivity contribution in [2.45, 2.75) is 20.0 Å². The molecule has 0 saturated heterocycles.